The van der Waals surface area contributed by atoms with Crippen molar-refractivity contribution in [2.45, 2.75) is 38.3 Å². The number of benzene rings is 2. The summed E-state index contributed by atoms with van der Waals surface area (Å²) in [7, 11) is 5.87. The average Bonchev–Trinajstić information content (AvgIpc) is 2.80. The summed E-state index contributed by atoms with van der Waals surface area (Å²) < 4.78 is 5.45. The van der Waals surface area contributed by atoms with Crippen molar-refractivity contribution in [2.24, 2.45) is 5.92 Å². The third-order valence-corrected chi connectivity index (χ3v) is 6.60. The highest BCUT2D eigenvalue weighted by atomic mass is 35.5. The maximum atomic E-state index is 6.15. The Labute approximate surface area is 196 Å². The molecule has 6 heteroatoms. The second-order valence-electron chi connectivity index (χ2n) is 8.89. The predicted molar refractivity (Wildman–Crippen MR) is 135 cm³/mol. The Hall–Kier alpha value is -2.50. The number of fused-ring (bicyclic) bond motifs is 1. The zero-order valence-electron chi connectivity index (χ0n) is 19.2. The van der Waals surface area contributed by atoms with Gasteiger partial charge >= 0.3 is 0 Å². The topological polar surface area (TPSA) is 49.4 Å². The summed E-state index contributed by atoms with van der Waals surface area (Å²) in [5.74, 6) is 2.55. The number of ether oxygens (including phenoxy) is 1. The molecule has 0 atom stereocenters. The molecule has 0 aliphatic heterocycles. The van der Waals surface area contributed by atoms with Crippen LogP contribution in [-0.2, 0) is 6.54 Å². The van der Waals surface area contributed by atoms with E-state index >= 15 is 0 Å². The molecule has 1 heterocycles. The molecule has 1 fully saturated rings. The average molecular weight is 453 g/mol. The second-order valence-corrected chi connectivity index (χ2v) is 9.32. The molecule has 170 valence electrons. The first kappa shape index (κ1) is 22.7. The lowest BCUT2D eigenvalue weighted by atomic mass is 9.86. The van der Waals surface area contributed by atoms with Gasteiger partial charge in [0.15, 0.2) is 0 Å². The fourth-order valence-electron chi connectivity index (χ4n) is 4.62. The number of hydrogen-bond donors (Lipinski definition) is 2. The molecule has 1 aliphatic carbocycles. The maximum Gasteiger partial charge on any atom is 0.128 e. The molecular formula is C26H33ClN4O. The molecule has 0 radical (unpaired) electrons. The van der Waals surface area contributed by atoms with Gasteiger partial charge < -0.3 is 20.3 Å². The van der Waals surface area contributed by atoms with E-state index in [1.54, 1.807) is 7.11 Å². The molecule has 1 aromatic heterocycles. The lowest BCUT2D eigenvalue weighted by Gasteiger charge is -2.30. The van der Waals surface area contributed by atoms with E-state index < -0.39 is 0 Å². The smallest absolute Gasteiger partial charge is 0.128 e. The number of rotatable bonds is 8. The Morgan fingerprint density at radius 2 is 1.84 bits per heavy atom. The zero-order chi connectivity index (χ0) is 22.5. The summed E-state index contributed by atoms with van der Waals surface area (Å²) in [5, 5.41) is 9.24. The number of anilines is 2. The number of hydrogen-bond acceptors (Lipinski definition) is 5. The molecule has 1 saturated carbocycles. The highest BCUT2D eigenvalue weighted by Crippen LogP contribution is 2.30. The molecule has 0 unspecified atom stereocenters. The summed E-state index contributed by atoms with van der Waals surface area (Å²) >= 11 is 6.15. The minimum absolute atomic E-state index is 0.475. The summed E-state index contributed by atoms with van der Waals surface area (Å²) in [5.41, 5.74) is 3.34. The number of nitrogens with one attached hydrogen (secondary N) is 2. The van der Waals surface area contributed by atoms with Gasteiger partial charge in [-0.1, -0.05) is 29.8 Å². The first-order valence-electron chi connectivity index (χ1n) is 11.4. The molecule has 0 amide bonds. The third kappa shape index (κ3) is 5.45. The van der Waals surface area contributed by atoms with Crippen LogP contribution in [0.4, 0.5) is 11.5 Å². The predicted octanol–water partition coefficient (Wildman–Crippen LogP) is 5.72. The minimum Gasteiger partial charge on any atom is -0.496 e. The van der Waals surface area contributed by atoms with Gasteiger partial charge in [0, 0.05) is 54.4 Å². The molecule has 0 saturated heterocycles. The van der Waals surface area contributed by atoms with Crippen LogP contribution in [0.5, 0.6) is 5.75 Å². The number of aromatic nitrogens is 1. The summed E-state index contributed by atoms with van der Waals surface area (Å²) in [6, 6.07) is 16.8. The standard InChI is InChI=1S/C26H33ClN4O/c1-31(2)24-15-26(30-23-7-5-4-6-22(23)24)29-21-11-8-18(9-12-21)16-28-17-19-14-20(27)10-13-25(19)32-3/h4-7,10,13-15,18,21,28H,8-9,11-12,16-17H2,1-3H3,(H,29,30). The fourth-order valence-corrected chi connectivity index (χ4v) is 4.81. The Morgan fingerprint density at radius 3 is 2.59 bits per heavy atom. The monoisotopic (exact) mass is 452 g/mol. The largest absolute Gasteiger partial charge is 0.496 e. The van der Waals surface area contributed by atoms with Crippen molar-refractivity contribution >= 4 is 34.0 Å². The molecule has 3 aromatic rings. The fraction of sp³-hybridized carbons (Fsp3) is 0.423. The number of nitrogens with zero attached hydrogens (tertiary/aromatic N) is 2. The van der Waals surface area contributed by atoms with Crippen LogP contribution >= 0.6 is 11.6 Å². The molecule has 4 rings (SSSR count). The molecular weight excluding hydrogens is 420 g/mol. The van der Waals surface area contributed by atoms with Gasteiger partial charge in [-0.25, -0.2) is 4.98 Å². The van der Waals surface area contributed by atoms with Crippen LogP contribution in [0.2, 0.25) is 5.02 Å². The Morgan fingerprint density at radius 1 is 1.06 bits per heavy atom. The van der Waals surface area contributed by atoms with Gasteiger partial charge in [0.25, 0.3) is 0 Å². The van der Waals surface area contributed by atoms with Crippen LogP contribution < -0.4 is 20.3 Å². The lowest BCUT2D eigenvalue weighted by Crippen LogP contribution is -2.31. The Kier molecular flexibility index (Phi) is 7.38. The van der Waals surface area contributed by atoms with Crippen molar-refractivity contribution in [3.05, 3.63) is 59.1 Å². The van der Waals surface area contributed by atoms with Crippen LogP contribution in [0, 0.1) is 5.92 Å². The van der Waals surface area contributed by atoms with E-state index in [-0.39, 0.29) is 0 Å². The van der Waals surface area contributed by atoms with Crippen molar-refractivity contribution in [3.8, 4) is 5.75 Å². The zero-order valence-corrected chi connectivity index (χ0v) is 20.0. The number of pyridine rings is 1. The van der Waals surface area contributed by atoms with Crippen molar-refractivity contribution in [1.82, 2.24) is 10.3 Å². The third-order valence-electron chi connectivity index (χ3n) is 6.37. The van der Waals surface area contributed by atoms with Gasteiger partial charge in [0.2, 0.25) is 0 Å². The highest BCUT2D eigenvalue weighted by molar-refractivity contribution is 6.30. The SMILES string of the molecule is COc1ccc(Cl)cc1CNCC1CCC(Nc2cc(N(C)C)c3ccccc3n2)CC1. The number of methoxy groups -OCH3 is 1. The lowest BCUT2D eigenvalue weighted by molar-refractivity contribution is 0.323. The maximum absolute atomic E-state index is 6.15. The van der Waals surface area contributed by atoms with E-state index in [0.29, 0.717) is 12.0 Å². The first-order chi connectivity index (χ1) is 15.5. The van der Waals surface area contributed by atoms with Gasteiger partial charge in [-0.2, -0.15) is 0 Å². The van der Waals surface area contributed by atoms with Gasteiger partial charge in [-0.05, 0) is 62.4 Å². The molecule has 32 heavy (non-hydrogen) atoms. The first-order valence-corrected chi connectivity index (χ1v) is 11.8. The van der Waals surface area contributed by atoms with E-state index in [9.17, 15) is 0 Å². The number of halogens is 1. The van der Waals surface area contributed by atoms with Crippen molar-refractivity contribution < 1.29 is 4.74 Å². The summed E-state index contributed by atoms with van der Waals surface area (Å²) in [6.07, 6.45) is 4.76. The van der Waals surface area contributed by atoms with Gasteiger partial charge in [-0.3, -0.25) is 0 Å². The van der Waals surface area contributed by atoms with E-state index in [4.69, 9.17) is 21.3 Å². The molecule has 0 spiro atoms. The van der Waals surface area contributed by atoms with E-state index in [1.165, 1.54) is 36.8 Å². The van der Waals surface area contributed by atoms with Gasteiger partial charge in [-0.15, -0.1) is 0 Å². The molecule has 2 N–H and O–H groups in total. The molecule has 5 nitrogen and oxygen atoms in total. The normalized spacial score (nSPS) is 18.5. The van der Waals surface area contributed by atoms with Crippen molar-refractivity contribution in [3.63, 3.8) is 0 Å². The van der Waals surface area contributed by atoms with E-state index in [0.717, 1.165) is 40.8 Å². The van der Waals surface area contributed by atoms with Crippen LogP contribution in [-0.4, -0.2) is 38.8 Å². The van der Waals surface area contributed by atoms with Crippen molar-refractivity contribution in [2.75, 3.05) is 38.0 Å². The Balaban J connectivity index is 1.30. The van der Waals surface area contributed by atoms with Crippen LogP contribution in [0.25, 0.3) is 10.9 Å². The van der Waals surface area contributed by atoms with Crippen LogP contribution in [0.1, 0.15) is 31.2 Å². The quantitative estimate of drug-likeness (QED) is 0.457. The second kappa shape index (κ2) is 10.4. The Bertz CT molecular complexity index is 1050. The van der Waals surface area contributed by atoms with Gasteiger partial charge in [0.1, 0.15) is 11.6 Å². The molecule has 1 aliphatic rings. The van der Waals surface area contributed by atoms with E-state index in [2.05, 4.69) is 60.0 Å². The highest BCUT2D eigenvalue weighted by Gasteiger charge is 2.22. The molecule has 0 bridgehead atoms. The molecule has 2 aromatic carbocycles. The summed E-state index contributed by atoms with van der Waals surface area (Å²) in [6.45, 7) is 1.79. The van der Waals surface area contributed by atoms with E-state index in [1.807, 2.05) is 18.2 Å². The van der Waals surface area contributed by atoms with Crippen LogP contribution in [0.3, 0.4) is 0 Å². The minimum atomic E-state index is 0.475. The number of para-hydroxylation sites is 1. The van der Waals surface area contributed by atoms with Crippen LogP contribution in [0.15, 0.2) is 48.5 Å². The van der Waals surface area contributed by atoms with Gasteiger partial charge in [0.05, 0.1) is 12.6 Å². The summed E-state index contributed by atoms with van der Waals surface area (Å²) in [4.78, 5) is 7.02. The van der Waals surface area contributed by atoms with Crippen molar-refractivity contribution in [1.29, 1.82) is 0 Å².